The second-order valence-electron chi connectivity index (χ2n) is 3.81. The van der Waals surface area contributed by atoms with Crippen LogP contribution in [0.5, 0.6) is 11.5 Å². The van der Waals surface area contributed by atoms with Crippen molar-refractivity contribution in [2.24, 2.45) is 5.18 Å². The van der Waals surface area contributed by atoms with Gasteiger partial charge in [0.1, 0.15) is 0 Å². The smallest absolute Gasteiger partial charge is 0.290 e. The van der Waals surface area contributed by atoms with Gasteiger partial charge in [0.25, 0.3) is 5.91 Å². The Labute approximate surface area is 99.7 Å². The standard InChI is InChI=1S/C12H15NO4/c1-8(2)17-10-5-4-9(6-11(10)16-3)7-12(14)13-15/h4-6,8H,7H2,1-3H3. The molecular weight excluding hydrogens is 222 g/mol. The lowest BCUT2D eigenvalue weighted by molar-refractivity contribution is -0.117. The van der Waals surface area contributed by atoms with Gasteiger partial charge in [-0.15, -0.1) is 4.91 Å². The normalized spacial score (nSPS) is 10.1. The van der Waals surface area contributed by atoms with E-state index in [9.17, 15) is 9.70 Å². The quantitative estimate of drug-likeness (QED) is 0.737. The van der Waals surface area contributed by atoms with Gasteiger partial charge >= 0.3 is 0 Å². The average molecular weight is 237 g/mol. The van der Waals surface area contributed by atoms with E-state index < -0.39 is 5.91 Å². The molecule has 5 heteroatoms. The topological polar surface area (TPSA) is 65.0 Å². The molecule has 0 radical (unpaired) electrons. The van der Waals surface area contributed by atoms with Gasteiger partial charge in [0, 0.05) is 5.18 Å². The Morgan fingerprint density at radius 2 is 2.06 bits per heavy atom. The molecule has 0 atom stereocenters. The van der Waals surface area contributed by atoms with Crippen molar-refractivity contribution >= 4 is 5.91 Å². The predicted molar refractivity (Wildman–Crippen MR) is 63.3 cm³/mol. The molecule has 0 aliphatic heterocycles. The minimum atomic E-state index is -0.704. The van der Waals surface area contributed by atoms with Crippen molar-refractivity contribution in [2.75, 3.05) is 7.11 Å². The summed E-state index contributed by atoms with van der Waals surface area (Å²) in [5.74, 6) is 0.442. The lowest BCUT2D eigenvalue weighted by atomic mass is 10.1. The van der Waals surface area contributed by atoms with E-state index in [2.05, 4.69) is 5.18 Å². The maximum Gasteiger partial charge on any atom is 0.290 e. The van der Waals surface area contributed by atoms with E-state index in [0.29, 0.717) is 17.1 Å². The van der Waals surface area contributed by atoms with Gasteiger partial charge in [-0.2, -0.15) is 0 Å². The molecule has 1 aromatic carbocycles. The van der Waals surface area contributed by atoms with E-state index in [1.807, 2.05) is 13.8 Å². The second-order valence-corrected chi connectivity index (χ2v) is 3.81. The minimum absolute atomic E-state index is 0.0260. The number of benzene rings is 1. The van der Waals surface area contributed by atoms with Crippen LogP contribution in [0.3, 0.4) is 0 Å². The summed E-state index contributed by atoms with van der Waals surface area (Å²) < 4.78 is 10.7. The van der Waals surface area contributed by atoms with Crippen LogP contribution >= 0.6 is 0 Å². The van der Waals surface area contributed by atoms with Gasteiger partial charge in [0.05, 0.1) is 19.6 Å². The van der Waals surface area contributed by atoms with Gasteiger partial charge < -0.3 is 9.47 Å². The molecule has 17 heavy (non-hydrogen) atoms. The van der Waals surface area contributed by atoms with Crippen molar-refractivity contribution in [1.29, 1.82) is 0 Å². The molecule has 0 unspecified atom stereocenters. The maximum absolute atomic E-state index is 10.9. The molecule has 5 nitrogen and oxygen atoms in total. The molecule has 0 aliphatic carbocycles. The van der Waals surface area contributed by atoms with Crippen LogP contribution < -0.4 is 9.47 Å². The second kappa shape index (κ2) is 5.98. The fourth-order valence-electron chi connectivity index (χ4n) is 1.38. The number of rotatable bonds is 5. The zero-order chi connectivity index (χ0) is 12.8. The van der Waals surface area contributed by atoms with Gasteiger partial charge in [0.2, 0.25) is 0 Å². The molecule has 0 aromatic heterocycles. The van der Waals surface area contributed by atoms with Crippen LogP contribution in [0.15, 0.2) is 23.4 Å². The number of hydrogen-bond donors (Lipinski definition) is 0. The number of nitrogens with zero attached hydrogens (tertiary/aromatic N) is 1. The number of nitroso groups, excluding NO2 is 1. The van der Waals surface area contributed by atoms with Crippen molar-refractivity contribution < 1.29 is 14.3 Å². The van der Waals surface area contributed by atoms with E-state index >= 15 is 0 Å². The Morgan fingerprint density at radius 1 is 1.35 bits per heavy atom. The van der Waals surface area contributed by atoms with Gasteiger partial charge in [-0.3, -0.25) is 4.79 Å². The van der Waals surface area contributed by atoms with E-state index in [4.69, 9.17) is 9.47 Å². The molecule has 1 amide bonds. The highest BCUT2D eigenvalue weighted by atomic mass is 16.5. The van der Waals surface area contributed by atoms with Crippen LogP contribution in [-0.2, 0) is 11.2 Å². The third-order valence-corrected chi connectivity index (χ3v) is 2.05. The van der Waals surface area contributed by atoms with Crippen LogP contribution in [0.25, 0.3) is 0 Å². The number of amides is 1. The monoisotopic (exact) mass is 237 g/mol. The molecule has 0 N–H and O–H groups in total. The number of methoxy groups -OCH3 is 1. The number of carbonyl (C=O) groups excluding carboxylic acids is 1. The van der Waals surface area contributed by atoms with Crippen LogP contribution in [-0.4, -0.2) is 19.1 Å². The lowest BCUT2D eigenvalue weighted by Gasteiger charge is -2.14. The number of hydrogen-bond acceptors (Lipinski definition) is 4. The van der Waals surface area contributed by atoms with Crippen LogP contribution in [0.1, 0.15) is 19.4 Å². The molecular formula is C12H15NO4. The van der Waals surface area contributed by atoms with Crippen molar-refractivity contribution in [2.45, 2.75) is 26.4 Å². The van der Waals surface area contributed by atoms with E-state index in [-0.39, 0.29) is 12.5 Å². The summed E-state index contributed by atoms with van der Waals surface area (Å²) in [7, 11) is 1.52. The summed E-state index contributed by atoms with van der Waals surface area (Å²) in [6.07, 6.45) is 0.00923. The fraction of sp³-hybridized carbons (Fsp3) is 0.417. The first-order chi connectivity index (χ1) is 8.06. The van der Waals surface area contributed by atoms with Crippen molar-refractivity contribution in [3.8, 4) is 11.5 Å². The maximum atomic E-state index is 10.9. The van der Waals surface area contributed by atoms with Gasteiger partial charge in [-0.1, -0.05) is 6.07 Å². The largest absolute Gasteiger partial charge is 0.493 e. The van der Waals surface area contributed by atoms with Crippen LogP contribution in [0.2, 0.25) is 0 Å². The Kier molecular flexibility index (Phi) is 4.63. The fourth-order valence-corrected chi connectivity index (χ4v) is 1.38. The Morgan fingerprint density at radius 3 is 2.59 bits per heavy atom. The molecule has 0 saturated carbocycles. The van der Waals surface area contributed by atoms with Crippen LogP contribution in [0, 0.1) is 4.91 Å². The molecule has 1 aromatic rings. The molecule has 1 rings (SSSR count). The molecule has 92 valence electrons. The SMILES string of the molecule is COc1cc(CC(=O)N=O)ccc1OC(C)C. The summed E-state index contributed by atoms with van der Waals surface area (Å²) in [5, 5.41) is 2.35. The van der Waals surface area contributed by atoms with Gasteiger partial charge in [0.15, 0.2) is 11.5 Å². The van der Waals surface area contributed by atoms with E-state index in [1.54, 1.807) is 18.2 Å². The van der Waals surface area contributed by atoms with Gasteiger partial charge in [-0.25, -0.2) is 0 Å². The third kappa shape index (κ3) is 3.86. The lowest BCUT2D eigenvalue weighted by Crippen LogP contribution is -2.07. The zero-order valence-electron chi connectivity index (χ0n) is 10.1. The first-order valence-electron chi connectivity index (χ1n) is 5.26. The Hall–Kier alpha value is -1.91. The molecule has 0 aliphatic rings. The highest BCUT2D eigenvalue weighted by Gasteiger charge is 2.10. The minimum Gasteiger partial charge on any atom is -0.493 e. The molecule has 0 heterocycles. The number of ether oxygens (including phenoxy) is 2. The number of carbonyl (C=O) groups is 1. The van der Waals surface area contributed by atoms with Crippen molar-refractivity contribution in [3.05, 3.63) is 28.7 Å². The summed E-state index contributed by atoms with van der Waals surface area (Å²) in [6.45, 7) is 3.82. The molecule has 0 fully saturated rings. The molecule has 0 saturated heterocycles. The first kappa shape index (κ1) is 13.2. The van der Waals surface area contributed by atoms with Crippen LogP contribution in [0.4, 0.5) is 0 Å². The van der Waals surface area contributed by atoms with Crippen molar-refractivity contribution in [3.63, 3.8) is 0 Å². The first-order valence-corrected chi connectivity index (χ1v) is 5.26. The third-order valence-electron chi connectivity index (χ3n) is 2.05. The summed E-state index contributed by atoms with van der Waals surface area (Å²) in [6, 6.07) is 5.09. The van der Waals surface area contributed by atoms with E-state index in [1.165, 1.54) is 7.11 Å². The Bertz CT molecular complexity index is 415. The highest BCUT2D eigenvalue weighted by molar-refractivity contribution is 5.79. The zero-order valence-corrected chi connectivity index (χ0v) is 10.1. The molecule has 0 spiro atoms. The van der Waals surface area contributed by atoms with E-state index in [0.717, 1.165) is 0 Å². The highest BCUT2D eigenvalue weighted by Crippen LogP contribution is 2.29. The van der Waals surface area contributed by atoms with Gasteiger partial charge in [-0.05, 0) is 31.5 Å². The summed E-state index contributed by atoms with van der Waals surface area (Å²) in [5.41, 5.74) is 0.669. The summed E-state index contributed by atoms with van der Waals surface area (Å²) >= 11 is 0. The molecule has 0 bridgehead atoms. The predicted octanol–water partition coefficient (Wildman–Crippen LogP) is 2.32. The Balaban J connectivity index is 2.91. The summed E-state index contributed by atoms with van der Waals surface area (Å²) in [4.78, 5) is 20.9. The van der Waals surface area contributed by atoms with Crippen molar-refractivity contribution in [1.82, 2.24) is 0 Å². The average Bonchev–Trinajstić information content (AvgIpc) is 2.30.